The standard InChI is InChI=1S/C13H18ClN5O/c1-8(14)10-3-5-18(6-4-10)11-7-12-16-17-13(20)19(12)9(2)15-11/h7-8,10H,3-6H2,1-2H3,(H,17,20). The Kier molecular flexibility index (Phi) is 3.41. The molecule has 0 bridgehead atoms. The Hall–Kier alpha value is -1.56. The van der Waals surface area contributed by atoms with Crippen LogP contribution in [0.1, 0.15) is 25.6 Å². The van der Waals surface area contributed by atoms with Crippen LogP contribution in [-0.4, -0.2) is 38.0 Å². The number of anilines is 1. The average molecular weight is 296 g/mol. The van der Waals surface area contributed by atoms with E-state index in [1.807, 2.05) is 13.0 Å². The van der Waals surface area contributed by atoms with Gasteiger partial charge in [-0.3, -0.25) is 0 Å². The molecule has 20 heavy (non-hydrogen) atoms. The quantitative estimate of drug-likeness (QED) is 0.854. The Morgan fingerprint density at radius 3 is 2.80 bits per heavy atom. The zero-order valence-electron chi connectivity index (χ0n) is 11.6. The molecule has 0 spiro atoms. The lowest BCUT2D eigenvalue weighted by Crippen LogP contribution is -2.36. The van der Waals surface area contributed by atoms with Gasteiger partial charge in [0.25, 0.3) is 0 Å². The van der Waals surface area contributed by atoms with Crippen LogP contribution in [0.25, 0.3) is 5.65 Å². The highest BCUT2D eigenvalue weighted by Crippen LogP contribution is 2.26. The zero-order chi connectivity index (χ0) is 14.3. The van der Waals surface area contributed by atoms with Gasteiger partial charge in [-0.15, -0.1) is 11.6 Å². The average Bonchev–Trinajstić information content (AvgIpc) is 2.81. The summed E-state index contributed by atoms with van der Waals surface area (Å²) in [5.74, 6) is 2.12. The second-order valence-electron chi connectivity index (χ2n) is 5.39. The van der Waals surface area contributed by atoms with Crippen molar-refractivity contribution in [2.75, 3.05) is 18.0 Å². The largest absolute Gasteiger partial charge is 0.356 e. The van der Waals surface area contributed by atoms with Crippen LogP contribution in [0.4, 0.5) is 5.82 Å². The minimum atomic E-state index is -0.244. The minimum absolute atomic E-state index is 0.222. The van der Waals surface area contributed by atoms with Crippen molar-refractivity contribution < 1.29 is 0 Å². The molecule has 0 saturated carbocycles. The number of piperidine rings is 1. The van der Waals surface area contributed by atoms with Gasteiger partial charge in [0.15, 0.2) is 5.65 Å². The first-order valence-electron chi connectivity index (χ1n) is 6.90. The SMILES string of the molecule is Cc1nc(N2CCC(C(C)Cl)CC2)cc2n[nH]c(=O)n12. The molecule has 1 aliphatic rings. The summed E-state index contributed by atoms with van der Waals surface area (Å²) in [6.07, 6.45) is 2.15. The van der Waals surface area contributed by atoms with Gasteiger partial charge in [-0.05, 0) is 32.6 Å². The second-order valence-corrected chi connectivity index (χ2v) is 6.07. The summed E-state index contributed by atoms with van der Waals surface area (Å²) >= 11 is 6.17. The molecule has 0 aliphatic carbocycles. The van der Waals surface area contributed by atoms with E-state index in [9.17, 15) is 4.79 Å². The maximum absolute atomic E-state index is 11.6. The lowest BCUT2D eigenvalue weighted by molar-refractivity contribution is 0.398. The highest BCUT2D eigenvalue weighted by atomic mass is 35.5. The summed E-state index contributed by atoms with van der Waals surface area (Å²) < 4.78 is 1.48. The topological polar surface area (TPSA) is 66.3 Å². The van der Waals surface area contributed by atoms with Gasteiger partial charge in [-0.25, -0.2) is 19.3 Å². The van der Waals surface area contributed by atoms with E-state index < -0.39 is 0 Å². The van der Waals surface area contributed by atoms with E-state index in [4.69, 9.17) is 11.6 Å². The van der Waals surface area contributed by atoms with Crippen LogP contribution in [0.2, 0.25) is 0 Å². The number of aromatic amines is 1. The third-order valence-electron chi connectivity index (χ3n) is 4.07. The number of nitrogens with zero attached hydrogens (tertiary/aromatic N) is 4. The van der Waals surface area contributed by atoms with Gasteiger partial charge in [-0.1, -0.05) is 0 Å². The van der Waals surface area contributed by atoms with E-state index in [0.29, 0.717) is 17.4 Å². The van der Waals surface area contributed by atoms with Crippen LogP contribution in [0.15, 0.2) is 10.9 Å². The fraction of sp³-hybridized carbons (Fsp3) is 0.615. The van der Waals surface area contributed by atoms with E-state index in [2.05, 4.69) is 27.0 Å². The number of rotatable bonds is 2. The summed E-state index contributed by atoms with van der Waals surface area (Å²) in [4.78, 5) is 18.3. The molecule has 1 unspecified atom stereocenters. The van der Waals surface area contributed by atoms with Crippen LogP contribution in [0, 0.1) is 12.8 Å². The van der Waals surface area contributed by atoms with E-state index in [-0.39, 0.29) is 11.1 Å². The molecule has 0 amide bonds. The normalized spacial score (nSPS) is 18.6. The number of hydrogen-bond donors (Lipinski definition) is 1. The molecule has 2 aromatic heterocycles. The van der Waals surface area contributed by atoms with Gasteiger partial charge < -0.3 is 4.90 Å². The Bertz CT molecular complexity index is 669. The molecule has 1 aliphatic heterocycles. The van der Waals surface area contributed by atoms with Gasteiger partial charge in [0.1, 0.15) is 11.6 Å². The van der Waals surface area contributed by atoms with E-state index in [0.717, 1.165) is 31.7 Å². The monoisotopic (exact) mass is 295 g/mol. The molecule has 2 aromatic rings. The van der Waals surface area contributed by atoms with Crippen molar-refractivity contribution in [3.8, 4) is 0 Å². The van der Waals surface area contributed by atoms with Crippen molar-refractivity contribution in [1.82, 2.24) is 19.6 Å². The number of fused-ring (bicyclic) bond motifs is 1. The summed E-state index contributed by atoms with van der Waals surface area (Å²) in [6, 6.07) is 1.86. The molecule has 1 saturated heterocycles. The first-order valence-corrected chi connectivity index (χ1v) is 7.33. The van der Waals surface area contributed by atoms with Gasteiger partial charge in [0.2, 0.25) is 0 Å². The van der Waals surface area contributed by atoms with Crippen molar-refractivity contribution >= 4 is 23.1 Å². The number of aromatic nitrogens is 4. The fourth-order valence-corrected chi connectivity index (χ4v) is 3.08. The number of alkyl halides is 1. The lowest BCUT2D eigenvalue weighted by Gasteiger charge is -2.34. The van der Waals surface area contributed by atoms with Crippen LogP contribution in [0.5, 0.6) is 0 Å². The maximum Gasteiger partial charge on any atom is 0.349 e. The molecular formula is C13H18ClN5O. The smallest absolute Gasteiger partial charge is 0.349 e. The van der Waals surface area contributed by atoms with Crippen LogP contribution in [0.3, 0.4) is 0 Å². The summed E-state index contributed by atoms with van der Waals surface area (Å²) in [7, 11) is 0. The Morgan fingerprint density at radius 2 is 2.15 bits per heavy atom. The van der Waals surface area contributed by atoms with Gasteiger partial charge in [0.05, 0.1) is 0 Å². The number of hydrogen-bond acceptors (Lipinski definition) is 4. The third-order valence-corrected chi connectivity index (χ3v) is 4.43. The summed E-state index contributed by atoms with van der Waals surface area (Å²) in [5, 5.41) is 6.69. The maximum atomic E-state index is 11.6. The predicted molar refractivity (Wildman–Crippen MR) is 78.6 cm³/mol. The molecule has 7 heteroatoms. The van der Waals surface area contributed by atoms with Crippen molar-refractivity contribution in [3.05, 3.63) is 22.4 Å². The molecule has 1 atom stereocenters. The molecular weight excluding hydrogens is 278 g/mol. The third kappa shape index (κ3) is 2.28. The minimum Gasteiger partial charge on any atom is -0.356 e. The van der Waals surface area contributed by atoms with E-state index in [1.54, 1.807) is 0 Å². The molecule has 6 nitrogen and oxygen atoms in total. The Morgan fingerprint density at radius 1 is 1.45 bits per heavy atom. The van der Waals surface area contributed by atoms with Gasteiger partial charge in [-0.2, -0.15) is 5.10 Å². The van der Waals surface area contributed by atoms with Crippen molar-refractivity contribution in [3.63, 3.8) is 0 Å². The molecule has 1 fully saturated rings. The van der Waals surface area contributed by atoms with E-state index in [1.165, 1.54) is 4.40 Å². The van der Waals surface area contributed by atoms with E-state index >= 15 is 0 Å². The molecule has 0 aromatic carbocycles. The Balaban J connectivity index is 1.87. The summed E-state index contributed by atoms with van der Waals surface area (Å²) in [6.45, 7) is 5.77. The highest BCUT2D eigenvalue weighted by Gasteiger charge is 2.24. The molecule has 0 radical (unpaired) electrons. The molecule has 108 valence electrons. The summed E-state index contributed by atoms with van der Waals surface area (Å²) in [5.41, 5.74) is 0.372. The second kappa shape index (κ2) is 5.09. The number of H-pyrrole nitrogens is 1. The number of halogens is 1. The van der Waals surface area contributed by atoms with Crippen molar-refractivity contribution in [2.24, 2.45) is 5.92 Å². The van der Waals surface area contributed by atoms with Crippen LogP contribution in [-0.2, 0) is 0 Å². The van der Waals surface area contributed by atoms with Crippen molar-refractivity contribution in [2.45, 2.75) is 32.1 Å². The zero-order valence-corrected chi connectivity index (χ0v) is 12.4. The van der Waals surface area contributed by atoms with Crippen LogP contribution < -0.4 is 10.6 Å². The first-order chi connectivity index (χ1) is 9.56. The van der Waals surface area contributed by atoms with Crippen molar-refractivity contribution in [1.29, 1.82) is 0 Å². The molecule has 3 heterocycles. The van der Waals surface area contributed by atoms with Gasteiger partial charge >= 0.3 is 5.69 Å². The number of aryl methyl sites for hydroxylation is 1. The lowest BCUT2D eigenvalue weighted by atomic mass is 9.94. The van der Waals surface area contributed by atoms with Crippen LogP contribution >= 0.6 is 11.6 Å². The molecule has 3 rings (SSSR count). The first kappa shape index (κ1) is 13.4. The predicted octanol–water partition coefficient (Wildman–Crippen LogP) is 1.57. The fourth-order valence-electron chi connectivity index (χ4n) is 2.83. The van der Waals surface area contributed by atoms with Gasteiger partial charge in [0, 0.05) is 24.5 Å². The molecule has 1 N–H and O–H groups in total. The Labute approximate surface area is 121 Å². The number of nitrogens with one attached hydrogen (secondary N) is 1. The highest BCUT2D eigenvalue weighted by molar-refractivity contribution is 6.20.